The second-order valence-corrected chi connectivity index (χ2v) is 11.0. The zero-order valence-electron chi connectivity index (χ0n) is 18.7. The van der Waals surface area contributed by atoms with E-state index in [-0.39, 0.29) is 17.3 Å². The van der Waals surface area contributed by atoms with Crippen molar-refractivity contribution < 1.29 is 14.7 Å². The molecule has 0 radical (unpaired) electrons. The zero-order valence-corrected chi connectivity index (χ0v) is 18.7. The van der Waals surface area contributed by atoms with E-state index in [0.29, 0.717) is 11.8 Å². The number of rotatable bonds is 3. The van der Waals surface area contributed by atoms with E-state index in [1.165, 1.54) is 44.9 Å². The van der Waals surface area contributed by atoms with E-state index in [0.717, 1.165) is 41.7 Å². The van der Waals surface area contributed by atoms with Crippen LogP contribution in [0, 0.1) is 46.8 Å². The van der Waals surface area contributed by atoms with Gasteiger partial charge in [-0.05, 0) is 98.5 Å². The van der Waals surface area contributed by atoms with Crippen LogP contribution in [0.1, 0.15) is 65.2 Å². The van der Waals surface area contributed by atoms with Gasteiger partial charge in [-0.1, -0.05) is 37.1 Å². The summed E-state index contributed by atoms with van der Waals surface area (Å²) in [6, 6.07) is 0. The molecule has 5 aliphatic carbocycles. The summed E-state index contributed by atoms with van der Waals surface area (Å²) in [5, 5.41) is 12.9. The van der Waals surface area contributed by atoms with E-state index >= 15 is 0 Å². The lowest BCUT2D eigenvalue weighted by atomic mass is 9.45. The lowest BCUT2D eigenvalue weighted by Gasteiger charge is -2.60. The molecule has 4 nitrogen and oxygen atoms in total. The zero-order chi connectivity index (χ0) is 20.7. The minimum atomic E-state index is -0.163. The van der Waals surface area contributed by atoms with Gasteiger partial charge in [0, 0.05) is 12.5 Å². The normalized spacial score (nSPS) is 54.5. The van der Waals surface area contributed by atoms with Gasteiger partial charge in [0.25, 0.3) is 0 Å². The summed E-state index contributed by atoms with van der Waals surface area (Å²) in [4.78, 5) is 0. The first-order chi connectivity index (χ1) is 14.6. The molecule has 1 spiro atoms. The molecule has 0 aromatic carbocycles. The van der Waals surface area contributed by atoms with E-state index < -0.39 is 0 Å². The first-order valence-corrected chi connectivity index (χ1v) is 12.4. The van der Waals surface area contributed by atoms with Gasteiger partial charge in [0.2, 0.25) is 0 Å². The van der Waals surface area contributed by atoms with Crippen molar-refractivity contribution in [1.82, 2.24) is 0 Å². The molecule has 6 aliphatic rings. The molecule has 4 unspecified atom stereocenters. The number of hydrogen-bond donors (Lipinski definition) is 1. The van der Waals surface area contributed by atoms with Crippen LogP contribution in [0.25, 0.3) is 0 Å². The lowest BCUT2D eigenvalue weighted by molar-refractivity contribution is -0.213. The Labute approximate surface area is 180 Å². The number of oxime groups is 1. The summed E-state index contributed by atoms with van der Waals surface area (Å²) in [6.45, 7) is 4.83. The highest BCUT2D eigenvalue weighted by Crippen LogP contribution is 2.79. The van der Waals surface area contributed by atoms with Crippen LogP contribution in [0.5, 0.6) is 0 Å². The number of nitrogens with zero attached hydrogens (tertiary/aromatic N) is 1. The quantitative estimate of drug-likeness (QED) is 0.375. The molecule has 1 N–H and O–H groups in total. The van der Waals surface area contributed by atoms with Crippen LogP contribution < -0.4 is 0 Å². The van der Waals surface area contributed by atoms with Gasteiger partial charge in [-0.25, -0.2) is 0 Å². The van der Waals surface area contributed by atoms with E-state index in [1.54, 1.807) is 12.7 Å². The molecule has 0 aromatic rings. The molecule has 164 valence electrons. The first kappa shape index (κ1) is 19.5. The van der Waals surface area contributed by atoms with Crippen LogP contribution >= 0.6 is 0 Å². The fourth-order valence-corrected chi connectivity index (χ4v) is 9.47. The number of hydrogen-bond acceptors (Lipinski definition) is 4. The highest BCUT2D eigenvalue weighted by molar-refractivity contribution is 5.96. The van der Waals surface area contributed by atoms with Gasteiger partial charge in [0.1, 0.15) is 0 Å². The molecule has 6 rings (SSSR count). The molecule has 1 heterocycles. The summed E-state index contributed by atoms with van der Waals surface area (Å²) in [5.41, 5.74) is 2.68. The minimum Gasteiger partial charge on any atom is -0.411 e. The second-order valence-electron chi connectivity index (χ2n) is 11.0. The number of ether oxygens (including phenoxy) is 2. The number of methoxy groups -OCH3 is 1. The fourth-order valence-electron chi connectivity index (χ4n) is 9.47. The van der Waals surface area contributed by atoms with E-state index in [4.69, 9.17) is 9.47 Å². The molecule has 4 heteroatoms. The Morgan fingerprint density at radius 3 is 2.83 bits per heavy atom. The Bertz CT molecular complexity index is 817. The molecule has 1 aliphatic heterocycles. The summed E-state index contributed by atoms with van der Waals surface area (Å²) >= 11 is 0. The Kier molecular flexibility index (Phi) is 4.35. The van der Waals surface area contributed by atoms with Gasteiger partial charge in [-0.3, -0.25) is 0 Å². The van der Waals surface area contributed by atoms with Crippen LogP contribution in [-0.4, -0.2) is 29.9 Å². The smallest absolute Gasteiger partial charge is 0.177 e. The van der Waals surface area contributed by atoms with Gasteiger partial charge in [0.05, 0.1) is 11.3 Å². The molecule has 0 bridgehead atoms. The summed E-state index contributed by atoms with van der Waals surface area (Å²) in [5.74, 6) is 5.44. The minimum absolute atomic E-state index is 0.0829. The largest absolute Gasteiger partial charge is 0.411 e. The topological polar surface area (TPSA) is 51.1 Å². The van der Waals surface area contributed by atoms with Crippen molar-refractivity contribution in [2.75, 3.05) is 7.11 Å². The van der Waals surface area contributed by atoms with Gasteiger partial charge in [-0.15, -0.1) is 0 Å². The van der Waals surface area contributed by atoms with Crippen molar-refractivity contribution >= 4 is 5.71 Å². The summed E-state index contributed by atoms with van der Waals surface area (Å²) in [7, 11) is 1.77. The first-order valence-electron chi connectivity index (χ1n) is 12.4. The third-order valence-corrected chi connectivity index (χ3v) is 10.5. The summed E-state index contributed by atoms with van der Waals surface area (Å²) < 4.78 is 12.4. The Morgan fingerprint density at radius 2 is 2.13 bits per heavy atom. The number of fused-ring (bicyclic) bond motifs is 9. The average molecular weight is 412 g/mol. The molecule has 0 aromatic heterocycles. The maximum absolute atomic E-state index is 9.34. The van der Waals surface area contributed by atoms with Crippen LogP contribution in [0.2, 0.25) is 0 Å². The molecule has 4 fully saturated rings. The van der Waals surface area contributed by atoms with Crippen LogP contribution in [0.4, 0.5) is 0 Å². The van der Waals surface area contributed by atoms with E-state index in [9.17, 15) is 5.21 Å². The number of allylic oxidation sites excluding steroid dienone is 2. The van der Waals surface area contributed by atoms with Gasteiger partial charge < -0.3 is 14.7 Å². The lowest BCUT2D eigenvalue weighted by Crippen LogP contribution is -2.58. The monoisotopic (exact) mass is 411 g/mol. The Hall–Kier alpha value is -1.13. The average Bonchev–Trinajstić information content (AvgIpc) is 3.41. The Morgan fingerprint density at radius 1 is 1.27 bits per heavy atom. The molecule has 0 saturated heterocycles. The van der Waals surface area contributed by atoms with Crippen molar-refractivity contribution in [2.24, 2.45) is 52.0 Å². The Balaban J connectivity index is 1.40. The van der Waals surface area contributed by atoms with Crippen LogP contribution in [0.3, 0.4) is 0 Å². The summed E-state index contributed by atoms with van der Waals surface area (Å²) in [6.07, 6.45) is 16.5. The van der Waals surface area contributed by atoms with Gasteiger partial charge >= 0.3 is 0 Å². The molecule has 30 heavy (non-hydrogen) atoms. The van der Waals surface area contributed by atoms with Crippen molar-refractivity contribution in [1.29, 1.82) is 0 Å². The highest BCUT2D eigenvalue weighted by atomic mass is 16.7. The van der Waals surface area contributed by atoms with E-state index in [1.807, 2.05) is 0 Å². The fraction of sp³-hybridized carbons (Fsp3) is 0.808. The third-order valence-electron chi connectivity index (χ3n) is 10.5. The predicted octanol–water partition coefficient (Wildman–Crippen LogP) is 5.57. The third kappa shape index (κ3) is 2.28. The SMILES string of the molecule is CC[C@H]1CC2=C/C(=N/O)CC[C@@H]2C2CC[C@@]3(CC)C(C21)[C@H]1C[C@H]1[C@@]31C=CC(OC)O1. The molecule has 0 amide bonds. The van der Waals surface area contributed by atoms with Gasteiger partial charge in [-0.2, -0.15) is 0 Å². The van der Waals surface area contributed by atoms with Crippen molar-refractivity contribution in [3.8, 4) is 0 Å². The van der Waals surface area contributed by atoms with Crippen molar-refractivity contribution in [2.45, 2.75) is 77.1 Å². The highest BCUT2D eigenvalue weighted by Gasteiger charge is 2.78. The van der Waals surface area contributed by atoms with Crippen molar-refractivity contribution in [3.05, 3.63) is 23.8 Å². The standard InChI is InChI=1S/C26H37NO3/c1-4-15-12-16-13-17(27-28)6-7-18(16)19-8-10-25(5-2)24(23(15)19)20-14-21(20)26(25)11-9-22(29-3)30-26/h9,11,13,15,18-24,28H,4-8,10,12,14H2,1-3H3/b27-17+/t15-,18-,19?,20-,21+,22?,23?,24?,25-,26-/m0/s1. The van der Waals surface area contributed by atoms with Crippen molar-refractivity contribution in [3.63, 3.8) is 0 Å². The molecule has 4 saturated carbocycles. The van der Waals surface area contributed by atoms with Crippen LogP contribution in [0.15, 0.2) is 29.0 Å². The predicted molar refractivity (Wildman–Crippen MR) is 116 cm³/mol. The second kappa shape index (κ2) is 6.68. The molecular weight excluding hydrogens is 374 g/mol. The van der Waals surface area contributed by atoms with E-state index in [2.05, 4.69) is 37.2 Å². The molecular formula is C26H37NO3. The van der Waals surface area contributed by atoms with Gasteiger partial charge in [0.15, 0.2) is 6.29 Å². The molecule has 10 atom stereocenters. The maximum atomic E-state index is 9.34. The maximum Gasteiger partial charge on any atom is 0.177 e. The van der Waals surface area contributed by atoms with Crippen LogP contribution in [-0.2, 0) is 9.47 Å².